The van der Waals surface area contributed by atoms with Crippen LogP contribution in [0, 0.1) is 0 Å². The maximum atomic E-state index is 11.3. The Morgan fingerprint density at radius 2 is 2.27 bits per heavy atom. The van der Waals surface area contributed by atoms with Crippen LogP contribution in [0.2, 0.25) is 0 Å². The lowest BCUT2D eigenvalue weighted by atomic mass is 9.93. The van der Waals surface area contributed by atoms with Crippen molar-refractivity contribution in [1.29, 1.82) is 0 Å². The first-order valence-electron chi connectivity index (χ1n) is 3.79. The third-order valence-corrected chi connectivity index (χ3v) is 2.58. The van der Waals surface area contributed by atoms with Crippen LogP contribution in [0.25, 0.3) is 0 Å². The number of nitrogens with one attached hydrogen (secondary N) is 1. The largest absolute Gasteiger partial charge is 0.340 e. The zero-order chi connectivity index (χ0) is 7.14. The molecule has 3 saturated heterocycles. The van der Waals surface area contributed by atoms with Crippen molar-refractivity contribution in [2.24, 2.45) is 0 Å². The lowest BCUT2D eigenvalue weighted by Gasteiger charge is -2.43. The van der Waals surface area contributed by atoms with Crippen molar-refractivity contribution < 1.29 is 4.79 Å². The van der Waals surface area contributed by atoms with E-state index in [2.05, 4.69) is 5.32 Å². The first kappa shape index (κ1) is 8.81. The van der Waals surface area contributed by atoms with Crippen molar-refractivity contribution in [3.8, 4) is 0 Å². The molecule has 1 amide bonds. The second kappa shape index (κ2) is 2.99. The van der Waals surface area contributed by atoms with Crippen molar-refractivity contribution in [1.82, 2.24) is 10.2 Å². The summed E-state index contributed by atoms with van der Waals surface area (Å²) in [6.45, 7) is 0.993. The van der Waals surface area contributed by atoms with Gasteiger partial charge in [-0.3, -0.25) is 4.79 Å². The maximum Gasteiger partial charge on any atom is 0.239 e. The van der Waals surface area contributed by atoms with Crippen LogP contribution < -0.4 is 5.32 Å². The Labute approximate surface area is 72.5 Å². The minimum absolute atomic E-state index is 0. The number of carbonyl (C=O) groups excluding carboxylic acids is 1. The molecule has 3 aliphatic heterocycles. The van der Waals surface area contributed by atoms with Crippen molar-refractivity contribution in [2.45, 2.75) is 24.9 Å². The Morgan fingerprint density at radius 1 is 1.55 bits per heavy atom. The number of carbonyl (C=O) groups is 1. The van der Waals surface area contributed by atoms with E-state index in [1.165, 1.54) is 6.42 Å². The van der Waals surface area contributed by atoms with Gasteiger partial charge in [0.25, 0.3) is 0 Å². The first-order valence-corrected chi connectivity index (χ1v) is 3.79. The summed E-state index contributed by atoms with van der Waals surface area (Å²) in [6, 6.07) is 0.604. The Bertz CT molecular complexity index is 162. The third kappa shape index (κ3) is 1.23. The number of amides is 1. The summed E-state index contributed by atoms with van der Waals surface area (Å²) >= 11 is 0. The van der Waals surface area contributed by atoms with E-state index >= 15 is 0 Å². The standard InChI is InChI=1S/C7H12N2O.ClH/c1-9-5-2-3-6(7(9)10)8-4-5;/h5-6,8H,2-4H2,1H3;1H. The highest BCUT2D eigenvalue weighted by molar-refractivity contribution is 5.85. The fourth-order valence-corrected chi connectivity index (χ4v) is 1.81. The Hall–Kier alpha value is -0.280. The van der Waals surface area contributed by atoms with Crippen LogP contribution in [-0.2, 0) is 4.79 Å². The van der Waals surface area contributed by atoms with Crippen LogP contribution in [0.1, 0.15) is 12.8 Å². The average Bonchev–Trinajstić information content (AvgIpc) is 2.00. The highest BCUT2D eigenvalue weighted by Crippen LogP contribution is 2.21. The van der Waals surface area contributed by atoms with Gasteiger partial charge in [0.2, 0.25) is 5.91 Å². The molecule has 0 spiro atoms. The van der Waals surface area contributed by atoms with Gasteiger partial charge in [-0.2, -0.15) is 0 Å². The van der Waals surface area contributed by atoms with E-state index in [9.17, 15) is 4.79 Å². The molecule has 2 bridgehead atoms. The van der Waals surface area contributed by atoms with E-state index in [-0.39, 0.29) is 24.4 Å². The highest BCUT2D eigenvalue weighted by atomic mass is 35.5. The third-order valence-electron chi connectivity index (χ3n) is 2.58. The number of piperidine rings is 2. The van der Waals surface area contributed by atoms with Gasteiger partial charge in [0.1, 0.15) is 0 Å². The van der Waals surface area contributed by atoms with Gasteiger partial charge in [0.15, 0.2) is 0 Å². The molecule has 2 unspecified atom stereocenters. The number of nitrogens with zero attached hydrogens (tertiary/aromatic N) is 1. The summed E-state index contributed by atoms with van der Waals surface area (Å²) in [5, 5.41) is 3.21. The minimum atomic E-state index is 0. The molecule has 2 atom stereocenters. The zero-order valence-corrected chi connectivity index (χ0v) is 7.36. The molecule has 0 aliphatic carbocycles. The predicted octanol–water partition coefficient (Wildman–Crippen LogP) is 0.000800. The smallest absolute Gasteiger partial charge is 0.239 e. The molecule has 0 aromatic rings. The maximum absolute atomic E-state index is 11.3. The van der Waals surface area contributed by atoms with Gasteiger partial charge >= 0.3 is 0 Å². The molecule has 3 rings (SSSR count). The Morgan fingerprint density at radius 3 is 2.55 bits per heavy atom. The molecule has 3 fully saturated rings. The van der Waals surface area contributed by atoms with Gasteiger partial charge in [0, 0.05) is 19.6 Å². The second-order valence-corrected chi connectivity index (χ2v) is 3.14. The number of fused-ring (bicyclic) bond motifs is 3. The molecule has 3 heterocycles. The SMILES string of the molecule is CN1C(=O)C2CCC1CN2.Cl. The van der Waals surface area contributed by atoms with Crippen LogP contribution in [0.15, 0.2) is 0 Å². The second-order valence-electron chi connectivity index (χ2n) is 3.14. The van der Waals surface area contributed by atoms with E-state index in [4.69, 9.17) is 0 Å². The monoisotopic (exact) mass is 176 g/mol. The Balaban J connectivity index is 0.000000605. The molecule has 1 N–H and O–H groups in total. The van der Waals surface area contributed by atoms with Gasteiger partial charge in [-0.1, -0.05) is 0 Å². The highest BCUT2D eigenvalue weighted by Gasteiger charge is 2.37. The van der Waals surface area contributed by atoms with E-state index in [0.717, 1.165) is 13.0 Å². The van der Waals surface area contributed by atoms with E-state index in [0.29, 0.717) is 6.04 Å². The van der Waals surface area contributed by atoms with Crippen molar-refractivity contribution in [3.05, 3.63) is 0 Å². The quantitative estimate of drug-likeness (QED) is 0.564. The van der Waals surface area contributed by atoms with Crippen LogP contribution in [0.5, 0.6) is 0 Å². The van der Waals surface area contributed by atoms with Gasteiger partial charge in [-0.15, -0.1) is 12.4 Å². The molecule has 4 heteroatoms. The molecule has 64 valence electrons. The van der Waals surface area contributed by atoms with Gasteiger partial charge in [-0.05, 0) is 12.8 Å². The predicted molar refractivity (Wildman–Crippen MR) is 44.8 cm³/mol. The fourth-order valence-electron chi connectivity index (χ4n) is 1.81. The Kier molecular flexibility index (Phi) is 2.40. The molecular formula is C7H13ClN2O. The van der Waals surface area contributed by atoms with Gasteiger partial charge < -0.3 is 10.2 Å². The van der Waals surface area contributed by atoms with Gasteiger partial charge in [0.05, 0.1) is 6.04 Å². The number of halogens is 1. The van der Waals surface area contributed by atoms with Crippen molar-refractivity contribution in [2.75, 3.05) is 13.6 Å². The molecule has 3 nitrogen and oxygen atoms in total. The summed E-state index contributed by atoms with van der Waals surface area (Å²) in [6.07, 6.45) is 2.22. The fraction of sp³-hybridized carbons (Fsp3) is 0.857. The van der Waals surface area contributed by atoms with E-state index in [1.807, 2.05) is 11.9 Å². The van der Waals surface area contributed by atoms with Gasteiger partial charge in [-0.25, -0.2) is 0 Å². The molecule has 0 saturated carbocycles. The average molecular weight is 177 g/mol. The van der Waals surface area contributed by atoms with E-state index < -0.39 is 0 Å². The van der Waals surface area contributed by atoms with E-state index in [1.54, 1.807) is 0 Å². The molecular weight excluding hydrogens is 164 g/mol. The topological polar surface area (TPSA) is 32.3 Å². The summed E-state index contributed by atoms with van der Waals surface area (Å²) in [4.78, 5) is 13.1. The lowest BCUT2D eigenvalue weighted by molar-refractivity contribution is -0.140. The number of hydrogen-bond donors (Lipinski definition) is 1. The summed E-state index contributed by atoms with van der Waals surface area (Å²) in [5.41, 5.74) is 0. The molecule has 0 aromatic carbocycles. The number of rotatable bonds is 0. The van der Waals surface area contributed by atoms with Crippen molar-refractivity contribution >= 4 is 18.3 Å². The van der Waals surface area contributed by atoms with Crippen LogP contribution in [-0.4, -0.2) is 36.5 Å². The molecule has 11 heavy (non-hydrogen) atoms. The summed E-state index contributed by atoms with van der Waals surface area (Å²) < 4.78 is 0. The summed E-state index contributed by atoms with van der Waals surface area (Å²) in [5.74, 6) is 0.280. The first-order chi connectivity index (χ1) is 4.79. The van der Waals surface area contributed by atoms with Crippen LogP contribution in [0.4, 0.5) is 0 Å². The number of likely N-dealkylation sites (N-methyl/N-ethyl adjacent to an activating group) is 1. The molecule has 3 aliphatic rings. The normalized spacial score (nSPS) is 35.4. The van der Waals surface area contributed by atoms with Crippen LogP contribution >= 0.6 is 12.4 Å². The lowest BCUT2D eigenvalue weighted by Crippen LogP contribution is -2.62. The zero-order valence-electron chi connectivity index (χ0n) is 6.54. The minimum Gasteiger partial charge on any atom is -0.340 e. The van der Waals surface area contributed by atoms with Crippen molar-refractivity contribution in [3.63, 3.8) is 0 Å². The van der Waals surface area contributed by atoms with Crippen LogP contribution in [0.3, 0.4) is 0 Å². The summed E-state index contributed by atoms with van der Waals surface area (Å²) in [7, 11) is 1.90. The number of piperazine rings is 1. The molecule has 0 aromatic heterocycles. The molecule has 0 radical (unpaired) electrons. The number of hydrogen-bond acceptors (Lipinski definition) is 2.